The minimum atomic E-state index is -0.394. The molecule has 0 bridgehead atoms. The fourth-order valence-corrected chi connectivity index (χ4v) is 3.03. The molecule has 1 N–H and O–H groups in total. The molecule has 2 rings (SSSR count). The van der Waals surface area contributed by atoms with Crippen molar-refractivity contribution in [3.05, 3.63) is 28.0 Å². The smallest absolute Gasteiger partial charge is 0.126 e. The van der Waals surface area contributed by atoms with Gasteiger partial charge in [0.25, 0.3) is 0 Å². The Morgan fingerprint density at radius 2 is 2.06 bits per heavy atom. The molecule has 1 aromatic carbocycles. The van der Waals surface area contributed by atoms with E-state index in [1.807, 2.05) is 7.05 Å². The fraction of sp³-hybridized carbons (Fsp3) is 0.500. The lowest BCUT2D eigenvalue weighted by molar-refractivity contribution is 0.549. The Hall–Kier alpha value is -0.510. The second-order valence-corrected chi connectivity index (χ2v) is 5.19. The Morgan fingerprint density at radius 1 is 1.41 bits per heavy atom. The molecule has 1 aliphatic rings. The van der Waals surface area contributed by atoms with Crippen LogP contribution >= 0.6 is 23.2 Å². The van der Waals surface area contributed by atoms with Crippen LogP contribution in [0.5, 0.6) is 0 Å². The Balaban J connectivity index is 2.19. The van der Waals surface area contributed by atoms with Crippen molar-refractivity contribution in [2.75, 3.05) is 31.6 Å². The van der Waals surface area contributed by atoms with Crippen molar-refractivity contribution in [1.29, 1.82) is 0 Å². The van der Waals surface area contributed by atoms with E-state index in [0.29, 0.717) is 16.0 Å². The maximum absolute atomic E-state index is 13.1. The molecule has 1 fully saturated rings. The standard InChI is InChI=1S/C12H15Cl2FN2/c1-16-6-8-2-3-17(7-8)12-10(13)4-9(15)5-11(12)14/h4-5,8,16H,2-3,6-7H2,1H3. The maximum Gasteiger partial charge on any atom is 0.126 e. The van der Waals surface area contributed by atoms with E-state index < -0.39 is 5.82 Å². The zero-order valence-corrected chi connectivity index (χ0v) is 11.2. The second-order valence-electron chi connectivity index (χ2n) is 4.38. The molecule has 1 aliphatic heterocycles. The summed E-state index contributed by atoms with van der Waals surface area (Å²) in [5.41, 5.74) is 0.758. The molecule has 0 aliphatic carbocycles. The molecule has 0 amide bonds. The minimum absolute atomic E-state index is 0.389. The third-order valence-corrected chi connectivity index (χ3v) is 3.65. The summed E-state index contributed by atoms with van der Waals surface area (Å²) in [5.74, 6) is 0.201. The van der Waals surface area contributed by atoms with Crippen molar-refractivity contribution in [3.63, 3.8) is 0 Å². The zero-order chi connectivity index (χ0) is 12.4. The normalized spacial score (nSPS) is 20.0. The summed E-state index contributed by atoms with van der Waals surface area (Å²) in [6.45, 7) is 2.80. The predicted molar refractivity (Wildman–Crippen MR) is 70.7 cm³/mol. The van der Waals surface area contributed by atoms with Crippen molar-refractivity contribution in [2.45, 2.75) is 6.42 Å². The van der Waals surface area contributed by atoms with Crippen molar-refractivity contribution in [3.8, 4) is 0 Å². The van der Waals surface area contributed by atoms with Crippen molar-refractivity contribution in [1.82, 2.24) is 5.32 Å². The first-order valence-corrected chi connectivity index (χ1v) is 6.41. The van der Waals surface area contributed by atoms with Crippen LogP contribution in [0.3, 0.4) is 0 Å². The number of hydrogen-bond donors (Lipinski definition) is 1. The molecule has 17 heavy (non-hydrogen) atoms. The van der Waals surface area contributed by atoms with E-state index in [1.165, 1.54) is 12.1 Å². The fourth-order valence-electron chi connectivity index (χ4n) is 2.33. The summed E-state index contributed by atoms with van der Waals surface area (Å²) in [6, 6.07) is 2.63. The molecule has 0 radical (unpaired) electrons. The number of hydrogen-bond acceptors (Lipinski definition) is 2. The number of anilines is 1. The highest BCUT2D eigenvalue weighted by Gasteiger charge is 2.25. The van der Waals surface area contributed by atoms with Gasteiger partial charge < -0.3 is 10.2 Å². The van der Waals surface area contributed by atoms with E-state index in [-0.39, 0.29) is 0 Å². The van der Waals surface area contributed by atoms with Crippen LogP contribution in [0, 0.1) is 11.7 Å². The van der Waals surface area contributed by atoms with E-state index in [2.05, 4.69) is 10.2 Å². The molecular weight excluding hydrogens is 262 g/mol. The molecule has 1 aromatic rings. The second kappa shape index (κ2) is 5.42. The molecule has 1 atom stereocenters. The average molecular weight is 277 g/mol. The van der Waals surface area contributed by atoms with Gasteiger partial charge in [0.15, 0.2) is 0 Å². The summed E-state index contributed by atoms with van der Waals surface area (Å²) in [4.78, 5) is 2.13. The first-order chi connectivity index (χ1) is 8.11. The molecule has 1 saturated heterocycles. The summed E-state index contributed by atoms with van der Waals surface area (Å²) < 4.78 is 13.1. The lowest BCUT2D eigenvalue weighted by Crippen LogP contribution is -2.24. The quantitative estimate of drug-likeness (QED) is 0.912. The Labute approximate surface area is 111 Å². The van der Waals surface area contributed by atoms with Crippen LogP contribution < -0.4 is 10.2 Å². The maximum atomic E-state index is 13.1. The first kappa shape index (κ1) is 12.9. The van der Waals surface area contributed by atoms with Crippen LogP contribution in [0.2, 0.25) is 10.0 Å². The SMILES string of the molecule is CNCC1CCN(c2c(Cl)cc(F)cc2Cl)C1. The van der Waals surface area contributed by atoms with Gasteiger partial charge in [-0.3, -0.25) is 0 Å². The van der Waals surface area contributed by atoms with Gasteiger partial charge in [0.1, 0.15) is 5.82 Å². The summed E-state index contributed by atoms with van der Waals surface area (Å²) in [6.07, 6.45) is 1.10. The van der Waals surface area contributed by atoms with Gasteiger partial charge in [-0.05, 0) is 38.1 Å². The first-order valence-electron chi connectivity index (χ1n) is 5.66. The van der Waals surface area contributed by atoms with E-state index >= 15 is 0 Å². The van der Waals surface area contributed by atoms with E-state index in [0.717, 1.165) is 31.7 Å². The van der Waals surface area contributed by atoms with E-state index in [9.17, 15) is 4.39 Å². The van der Waals surface area contributed by atoms with Crippen LogP contribution in [-0.2, 0) is 0 Å². The number of nitrogens with zero attached hydrogens (tertiary/aromatic N) is 1. The summed E-state index contributed by atoms with van der Waals surface area (Å²) in [7, 11) is 1.94. The van der Waals surface area contributed by atoms with Crippen LogP contribution in [0.15, 0.2) is 12.1 Å². The van der Waals surface area contributed by atoms with Gasteiger partial charge in [-0.15, -0.1) is 0 Å². The third kappa shape index (κ3) is 2.84. The monoisotopic (exact) mass is 276 g/mol. The summed E-state index contributed by atoms with van der Waals surface area (Å²) >= 11 is 12.1. The molecule has 1 unspecified atom stereocenters. The molecule has 0 saturated carbocycles. The predicted octanol–water partition coefficient (Wildman–Crippen LogP) is 3.18. The number of rotatable bonds is 3. The third-order valence-electron chi connectivity index (χ3n) is 3.08. The van der Waals surface area contributed by atoms with E-state index in [4.69, 9.17) is 23.2 Å². The Bertz CT molecular complexity index is 388. The lowest BCUT2D eigenvalue weighted by atomic mass is 10.1. The van der Waals surface area contributed by atoms with Gasteiger partial charge in [-0.25, -0.2) is 4.39 Å². The molecule has 94 valence electrons. The average Bonchev–Trinajstić information content (AvgIpc) is 2.65. The molecule has 2 nitrogen and oxygen atoms in total. The van der Waals surface area contributed by atoms with Gasteiger partial charge in [0.05, 0.1) is 15.7 Å². The van der Waals surface area contributed by atoms with Crippen molar-refractivity contribution >= 4 is 28.9 Å². The molecule has 0 aromatic heterocycles. The molecule has 1 heterocycles. The molecule has 0 spiro atoms. The van der Waals surface area contributed by atoms with Crippen molar-refractivity contribution < 1.29 is 4.39 Å². The Kier molecular flexibility index (Phi) is 4.13. The van der Waals surface area contributed by atoms with Crippen LogP contribution in [-0.4, -0.2) is 26.7 Å². The lowest BCUT2D eigenvalue weighted by Gasteiger charge is -2.21. The topological polar surface area (TPSA) is 15.3 Å². The van der Waals surface area contributed by atoms with Crippen LogP contribution in [0.4, 0.5) is 10.1 Å². The minimum Gasteiger partial charge on any atom is -0.369 e. The largest absolute Gasteiger partial charge is 0.369 e. The van der Waals surface area contributed by atoms with Crippen molar-refractivity contribution in [2.24, 2.45) is 5.92 Å². The number of benzene rings is 1. The number of halogens is 3. The molecular formula is C12H15Cl2FN2. The van der Waals surface area contributed by atoms with Gasteiger partial charge in [0, 0.05) is 13.1 Å². The summed E-state index contributed by atoms with van der Waals surface area (Å²) in [5, 5.41) is 3.95. The highest BCUT2D eigenvalue weighted by molar-refractivity contribution is 6.39. The Morgan fingerprint density at radius 3 is 2.65 bits per heavy atom. The zero-order valence-electron chi connectivity index (χ0n) is 9.64. The van der Waals surface area contributed by atoms with Crippen LogP contribution in [0.25, 0.3) is 0 Å². The van der Waals surface area contributed by atoms with E-state index in [1.54, 1.807) is 0 Å². The van der Waals surface area contributed by atoms with Gasteiger partial charge in [-0.2, -0.15) is 0 Å². The van der Waals surface area contributed by atoms with Gasteiger partial charge in [-0.1, -0.05) is 23.2 Å². The van der Waals surface area contributed by atoms with Gasteiger partial charge in [0.2, 0.25) is 0 Å². The van der Waals surface area contributed by atoms with Crippen LogP contribution in [0.1, 0.15) is 6.42 Å². The molecule has 5 heteroatoms. The highest BCUT2D eigenvalue weighted by atomic mass is 35.5. The van der Waals surface area contributed by atoms with Gasteiger partial charge >= 0.3 is 0 Å². The highest BCUT2D eigenvalue weighted by Crippen LogP contribution is 2.37. The number of nitrogens with one attached hydrogen (secondary N) is 1.